The van der Waals surface area contributed by atoms with Crippen molar-refractivity contribution in [2.45, 2.75) is 19.1 Å². The van der Waals surface area contributed by atoms with Crippen molar-refractivity contribution in [3.63, 3.8) is 0 Å². The second kappa shape index (κ2) is 8.61. The van der Waals surface area contributed by atoms with Gasteiger partial charge in [-0.2, -0.15) is 0 Å². The number of carbonyl (C=O) groups excluding carboxylic acids is 2. The van der Waals surface area contributed by atoms with Gasteiger partial charge in [0.15, 0.2) is 6.29 Å². The lowest BCUT2D eigenvalue weighted by molar-refractivity contribution is -0.0969. The van der Waals surface area contributed by atoms with E-state index in [0.717, 1.165) is 12.8 Å². The van der Waals surface area contributed by atoms with Crippen LogP contribution in [0.15, 0.2) is 35.7 Å². The summed E-state index contributed by atoms with van der Waals surface area (Å²) in [6.07, 6.45) is 1.67. The van der Waals surface area contributed by atoms with Crippen LogP contribution < -0.4 is 5.32 Å². The third-order valence-corrected chi connectivity index (χ3v) is 6.18. The Morgan fingerprint density at radius 3 is 2.79 bits per heavy atom. The highest BCUT2D eigenvalue weighted by molar-refractivity contribution is 7.12. The number of carbonyl (C=O) groups is 2. The molecule has 1 aromatic heterocycles. The topological polar surface area (TPSA) is 67.9 Å². The zero-order chi connectivity index (χ0) is 19.5. The second-order valence-electron chi connectivity index (χ2n) is 6.89. The fourth-order valence-corrected chi connectivity index (χ4v) is 4.38. The highest BCUT2D eigenvalue weighted by Crippen LogP contribution is 2.28. The average Bonchev–Trinajstić information content (AvgIpc) is 3.43. The Labute approximate surface area is 172 Å². The molecule has 3 heterocycles. The van der Waals surface area contributed by atoms with E-state index in [0.29, 0.717) is 47.5 Å². The van der Waals surface area contributed by atoms with Crippen LogP contribution in [0.3, 0.4) is 0 Å². The predicted molar refractivity (Wildman–Crippen MR) is 108 cm³/mol. The highest BCUT2D eigenvalue weighted by Gasteiger charge is 2.33. The van der Waals surface area contributed by atoms with E-state index >= 15 is 0 Å². The number of rotatable bonds is 4. The van der Waals surface area contributed by atoms with Gasteiger partial charge in [0.05, 0.1) is 28.8 Å². The number of anilines is 1. The first kappa shape index (κ1) is 19.4. The summed E-state index contributed by atoms with van der Waals surface area (Å²) in [5.41, 5.74) is 0.932. The average molecular weight is 421 g/mol. The molecule has 4 rings (SSSR count). The number of amides is 2. The van der Waals surface area contributed by atoms with E-state index in [4.69, 9.17) is 21.1 Å². The molecule has 28 heavy (non-hydrogen) atoms. The van der Waals surface area contributed by atoms with Crippen molar-refractivity contribution in [2.24, 2.45) is 5.92 Å². The molecule has 0 bridgehead atoms. The molecule has 1 N–H and O–H groups in total. The van der Waals surface area contributed by atoms with Crippen LogP contribution >= 0.6 is 22.9 Å². The van der Waals surface area contributed by atoms with Crippen molar-refractivity contribution >= 4 is 40.4 Å². The van der Waals surface area contributed by atoms with Gasteiger partial charge >= 0.3 is 0 Å². The Kier molecular flexibility index (Phi) is 5.96. The summed E-state index contributed by atoms with van der Waals surface area (Å²) in [7, 11) is 0. The minimum Gasteiger partial charge on any atom is -0.350 e. The van der Waals surface area contributed by atoms with E-state index in [1.807, 2.05) is 16.3 Å². The number of nitrogens with zero attached hydrogens (tertiary/aromatic N) is 1. The first-order valence-corrected chi connectivity index (χ1v) is 10.5. The van der Waals surface area contributed by atoms with E-state index in [1.54, 1.807) is 24.3 Å². The Morgan fingerprint density at radius 1 is 1.21 bits per heavy atom. The van der Waals surface area contributed by atoms with E-state index in [-0.39, 0.29) is 24.0 Å². The van der Waals surface area contributed by atoms with Crippen molar-refractivity contribution < 1.29 is 19.1 Å². The molecule has 2 aliphatic heterocycles. The quantitative estimate of drug-likeness (QED) is 0.815. The van der Waals surface area contributed by atoms with Crippen LogP contribution in [-0.2, 0) is 9.47 Å². The number of nitrogens with one attached hydrogen (secondary N) is 1. The maximum atomic E-state index is 13.0. The van der Waals surface area contributed by atoms with Gasteiger partial charge in [-0.25, -0.2) is 0 Å². The number of halogens is 1. The van der Waals surface area contributed by atoms with Crippen LogP contribution in [0, 0.1) is 5.92 Å². The SMILES string of the molecule is O=C(Nc1cc(C(=O)N2CCCC(C3OCCO3)C2)ccc1Cl)c1cccs1. The zero-order valence-corrected chi connectivity index (χ0v) is 16.8. The summed E-state index contributed by atoms with van der Waals surface area (Å²) in [4.78, 5) is 27.8. The molecule has 0 spiro atoms. The first-order valence-electron chi connectivity index (χ1n) is 9.29. The Balaban J connectivity index is 1.47. The van der Waals surface area contributed by atoms with Crippen LogP contribution in [-0.4, -0.2) is 49.3 Å². The fraction of sp³-hybridized carbons (Fsp3) is 0.400. The molecule has 6 nitrogen and oxygen atoms in total. The van der Waals surface area contributed by atoms with Gasteiger partial charge in [0.1, 0.15) is 0 Å². The molecule has 2 saturated heterocycles. The maximum Gasteiger partial charge on any atom is 0.265 e. The molecule has 148 valence electrons. The van der Waals surface area contributed by atoms with E-state index in [9.17, 15) is 9.59 Å². The largest absolute Gasteiger partial charge is 0.350 e. The second-order valence-corrected chi connectivity index (χ2v) is 8.24. The minimum absolute atomic E-state index is 0.0778. The van der Waals surface area contributed by atoms with Crippen LogP contribution in [0.5, 0.6) is 0 Å². The molecule has 0 radical (unpaired) electrons. The number of likely N-dealkylation sites (tertiary alicyclic amines) is 1. The molecule has 2 amide bonds. The van der Waals surface area contributed by atoms with Crippen LogP contribution in [0.1, 0.15) is 32.9 Å². The van der Waals surface area contributed by atoms with Gasteiger partial charge in [-0.1, -0.05) is 17.7 Å². The van der Waals surface area contributed by atoms with Crippen molar-refractivity contribution in [1.29, 1.82) is 0 Å². The minimum atomic E-state index is -0.241. The summed E-state index contributed by atoms with van der Waals surface area (Å²) >= 11 is 7.58. The monoisotopic (exact) mass is 420 g/mol. The fourth-order valence-electron chi connectivity index (χ4n) is 3.59. The predicted octanol–water partition coefficient (Wildman–Crippen LogP) is 3.88. The standard InChI is InChI=1S/C20H21ClN2O4S/c21-15-6-5-13(11-16(15)22-18(24)17-4-2-10-28-17)19(25)23-7-1-3-14(12-23)20-26-8-9-27-20/h2,4-6,10-11,14,20H,1,3,7-9,12H2,(H,22,24). The van der Waals surface area contributed by atoms with Crippen molar-refractivity contribution in [1.82, 2.24) is 4.90 Å². The van der Waals surface area contributed by atoms with Crippen LogP contribution in [0.4, 0.5) is 5.69 Å². The Bertz CT molecular complexity index is 852. The van der Waals surface area contributed by atoms with Crippen LogP contribution in [0.2, 0.25) is 5.02 Å². The van der Waals surface area contributed by atoms with Gasteiger partial charge in [0.2, 0.25) is 0 Å². The first-order chi connectivity index (χ1) is 13.6. The molecular formula is C20H21ClN2O4S. The summed E-state index contributed by atoms with van der Waals surface area (Å²) in [5, 5.41) is 5.02. The molecule has 1 aromatic carbocycles. The molecule has 2 aromatic rings. The van der Waals surface area contributed by atoms with Gasteiger partial charge in [-0.3, -0.25) is 9.59 Å². The van der Waals surface area contributed by atoms with Gasteiger partial charge in [0.25, 0.3) is 11.8 Å². The molecule has 8 heteroatoms. The molecule has 1 unspecified atom stereocenters. The van der Waals surface area contributed by atoms with Gasteiger partial charge in [-0.05, 0) is 42.5 Å². The lowest BCUT2D eigenvalue weighted by Gasteiger charge is -2.34. The molecule has 2 aliphatic rings. The summed E-state index contributed by atoms with van der Waals surface area (Å²) < 4.78 is 11.2. The molecule has 0 saturated carbocycles. The van der Waals surface area contributed by atoms with E-state index in [1.165, 1.54) is 11.3 Å². The van der Waals surface area contributed by atoms with Gasteiger partial charge in [0, 0.05) is 24.6 Å². The number of hydrogen-bond acceptors (Lipinski definition) is 5. The smallest absolute Gasteiger partial charge is 0.265 e. The van der Waals surface area contributed by atoms with Crippen molar-refractivity contribution in [2.75, 3.05) is 31.6 Å². The molecule has 1 atom stereocenters. The Hall–Kier alpha value is -1.93. The summed E-state index contributed by atoms with van der Waals surface area (Å²) in [6.45, 7) is 2.52. The number of piperidine rings is 1. The number of ether oxygens (including phenoxy) is 2. The maximum absolute atomic E-state index is 13.0. The Morgan fingerprint density at radius 2 is 2.04 bits per heavy atom. The third-order valence-electron chi connectivity index (χ3n) is 4.98. The highest BCUT2D eigenvalue weighted by atomic mass is 35.5. The zero-order valence-electron chi connectivity index (χ0n) is 15.2. The summed E-state index contributed by atoms with van der Waals surface area (Å²) in [5.74, 6) is -0.133. The molecule has 0 aliphatic carbocycles. The van der Waals surface area contributed by atoms with Crippen molar-refractivity contribution in [3.8, 4) is 0 Å². The number of thiophene rings is 1. The van der Waals surface area contributed by atoms with Crippen LogP contribution in [0.25, 0.3) is 0 Å². The van der Waals surface area contributed by atoms with Gasteiger partial charge in [-0.15, -0.1) is 11.3 Å². The van der Waals surface area contributed by atoms with E-state index < -0.39 is 0 Å². The molecular weight excluding hydrogens is 400 g/mol. The number of hydrogen-bond donors (Lipinski definition) is 1. The summed E-state index contributed by atoms with van der Waals surface area (Å²) in [6, 6.07) is 8.53. The normalized spacial score (nSPS) is 20.3. The van der Waals surface area contributed by atoms with E-state index in [2.05, 4.69) is 5.32 Å². The lowest BCUT2D eigenvalue weighted by atomic mass is 9.96. The number of benzene rings is 1. The van der Waals surface area contributed by atoms with Crippen molar-refractivity contribution in [3.05, 3.63) is 51.2 Å². The third kappa shape index (κ3) is 4.22. The lowest BCUT2D eigenvalue weighted by Crippen LogP contribution is -2.43. The molecule has 2 fully saturated rings. The van der Waals surface area contributed by atoms with Gasteiger partial charge < -0.3 is 19.7 Å².